The molecule has 0 saturated carbocycles. The van der Waals surface area contributed by atoms with E-state index < -0.39 is 0 Å². The van der Waals surface area contributed by atoms with E-state index in [0.29, 0.717) is 6.04 Å². The Morgan fingerprint density at radius 1 is 1.47 bits per heavy atom. The highest BCUT2D eigenvalue weighted by molar-refractivity contribution is 5.73. The smallest absolute Gasteiger partial charge is 0.219 e. The van der Waals surface area contributed by atoms with E-state index in [2.05, 4.69) is 5.32 Å². The number of amides is 1. The monoisotopic (exact) mass is 214 g/mol. The third-order valence-corrected chi connectivity index (χ3v) is 2.90. The van der Waals surface area contributed by atoms with Crippen molar-refractivity contribution < 1.29 is 9.53 Å². The molecule has 4 nitrogen and oxygen atoms in total. The lowest BCUT2D eigenvalue weighted by atomic mass is 10.1. The third-order valence-electron chi connectivity index (χ3n) is 2.90. The molecular weight excluding hydrogens is 192 g/mol. The van der Waals surface area contributed by atoms with Crippen LogP contribution in [0.25, 0.3) is 0 Å². The first-order valence-corrected chi connectivity index (χ1v) is 5.72. The predicted molar refractivity (Wildman–Crippen MR) is 59.8 cm³/mol. The maximum atomic E-state index is 11.1. The van der Waals surface area contributed by atoms with Crippen molar-refractivity contribution in [1.29, 1.82) is 0 Å². The Bertz CT molecular complexity index is 189. The van der Waals surface area contributed by atoms with Gasteiger partial charge in [-0.25, -0.2) is 0 Å². The van der Waals surface area contributed by atoms with Crippen molar-refractivity contribution >= 4 is 5.91 Å². The minimum atomic E-state index is 0.202. The molecule has 0 atom stereocenters. The van der Waals surface area contributed by atoms with Crippen molar-refractivity contribution in [3.05, 3.63) is 0 Å². The van der Waals surface area contributed by atoms with Gasteiger partial charge in [0.15, 0.2) is 0 Å². The highest BCUT2D eigenvalue weighted by atomic mass is 16.5. The number of hydrogen-bond donors (Lipinski definition) is 1. The van der Waals surface area contributed by atoms with Gasteiger partial charge in [-0.2, -0.15) is 0 Å². The molecule has 0 unspecified atom stereocenters. The second-order valence-corrected chi connectivity index (χ2v) is 4.08. The van der Waals surface area contributed by atoms with E-state index in [-0.39, 0.29) is 5.91 Å². The Morgan fingerprint density at radius 3 is 2.67 bits per heavy atom. The van der Waals surface area contributed by atoms with Gasteiger partial charge < -0.3 is 15.0 Å². The Labute approximate surface area is 92.0 Å². The molecule has 1 aliphatic rings. The molecule has 0 aromatic carbocycles. The van der Waals surface area contributed by atoms with Crippen molar-refractivity contribution in [2.45, 2.75) is 32.2 Å². The minimum absolute atomic E-state index is 0.202. The summed E-state index contributed by atoms with van der Waals surface area (Å²) in [5.41, 5.74) is 0. The molecule has 0 aromatic heterocycles. The average Bonchev–Trinajstić information content (AvgIpc) is 2.25. The number of carbonyl (C=O) groups is 1. The van der Waals surface area contributed by atoms with Gasteiger partial charge in [0.25, 0.3) is 0 Å². The molecule has 1 fully saturated rings. The maximum Gasteiger partial charge on any atom is 0.219 e. The van der Waals surface area contributed by atoms with Crippen LogP contribution in [0.3, 0.4) is 0 Å². The van der Waals surface area contributed by atoms with Crippen molar-refractivity contribution in [1.82, 2.24) is 10.2 Å². The van der Waals surface area contributed by atoms with Crippen molar-refractivity contribution in [3.63, 3.8) is 0 Å². The van der Waals surface area contributed by atoms with Crippen LogP contribution in [-0.2, 0) is 9.53 Å². The molecule has 4 heteroatoms. The quantitative estimate of drug-likeness (QED) is 0.682. The Kier molecular flexibility index (Phi) is 5.65. The zero-order valence-corrected chi connectivity index (χ0v) is 9.79. The topological polar surface area (TPSA) is 41.6 Å². The molecule has 0 aliphatic carbocycles. The number of hydrogen-bond acceptors (Lipinski definition) is 3. The number of nitrogens with zero attached hydrogens (tertiary/aromatic N) is 1. The van der Waals surface area contributed by atoms with Crippen LogP contribution in [0.5, 0.6) is 0 Å². The zero-order chi connectivity index (χ0) is 11.1. The number of rotatable bonds is 5. The standard InChI is InChI=1S/C11H22N2O2/c1-10(14)13-7-4-11(5-8-13)12-6-3-9-15-2/h11-12H,3-9H2,1-2H3. The summed E-state index contributed by atoms with van der Waals surface area (Å²) in [6.45, 7) is 5.28. The molecule has 1 saturated heterocycles. The molecule has 1 rings (SSSR count). The maximum absolute atomic E-state index is 11.1. The summed E-state index contributed by atoms with van der Waals surface area (Å²) in [7, 11) is 1.73. The van der Waals surface area contributed by atoms with Gasteiger partial charge in [-0.05, 0) is 25.8 Å². The average molecular weight is 214 g/mol. The van der Waals surface area contributed by atoms with Crippen LogP contribution in [0, 0.1) is 0 Å². The van der Waals surface area contributed by atoms with E-state index >= 15 is 0 Å². The number of carbonyl (C=O) groups excluding carboxylic acids is 1. The predicted octanol–water partition coefficient (Wildman–Crippen LogP) is 0.623. The lowest BCUT2D eigenvalue weighted by Gasteiger charge is -2.31. The molecular formula is C11H22N2O2. The normalized spacial score (nSPS) is 18.1. The van der Waals surface area contributed by atoms with E-state index in [1.807, 2.05) is 4.90 Å². The Balaban J connectivity index is 2.07. The molecule has 15 heavy (non-hydrogen) atoms. The lowest BCUT2D eigenvalue weighted by Crippen LogP contribution is -2.44. The van der Waals surface area contributed by atoms with Crippen molar-refractivity contribution in [3.8, 4) is 0 Å². The van der Waals surface area contributed by atoms with Gasteiger partial charge >= 0.3 is 0 Å². The summed E-state index contributed by atoms with van der Waals surface area (Å²) in [4.78, 5) is 13.0. The summed E-state index contributed by atoms with van der Waals surface area (Å²) in [6.07, 6.45) is 3.21. The number of ether oxygens (including phenoxy) is 1. The fourth-order valence-electron chi connectivity index (χ4n) is 1.92. The molecule has 88 valence electrons. The van der Waals surface area contributed by atoms with E-state index in [0.717, 1.165) is 45.5 Å². The second-order valence-electron chi connectivity index (χ2n) is 4.08. The number of piperidine rings is 1. The number of methoxy groups -OCH3 is 1. The third kappa shape index (κ3) is 4.62. The highest BCUT2D eigenvalue weighted by Gasteiger charge is 2.19. The number of likely N-dealkylation sites (tertiary alicyclic amines) is 1. The van der Waals surface area contributed by atoms with Crippen molar-refractivity contribution in [2.75, 3.05) is 33.4 Å². The summed E-state index contributed by atoms with van der Waals surface area (Å²) < 4.78 is 4.99. The van der Waals surface area contributed by atoms with Crippen LogP contribution >= 0.6 is 0 Å². The first-order chi connectivity index (χ1) is 7.24. The summed E-state index contributed by atoms with van der Waals surface area (Å²) >= 11 is 0. The first kappa shape index (κ1) is 12.5. The Hall–Kier alpha value is -0.610. The van der Waals surface area contributed by atoms with Crippen LogP contribution in [0.15, 0.2) is 0 Å². The van der Waals surface area contributed by atoms with E-state index in [1.54, 1.807) is 14.0 Å². The van der Waals surface area contributed by atoms with Gasteiger partial charge in [-0.1, -0.05) is 0 Å². The largest absolute Gasteiger partial charge is 0.385 e. The molecule has 1 N–H and O–H groups in total. The van der Waals surface area contributed by atoms with Gasteiger partial charge in [0.05, 0.1) is 0 Å². The minimum Gasteiger partial charge on any atom is -0.385 e. The van der Waals surface area contributed by atoms with Gasteiger partial charge in [0, 0.05) is 39.8 Å². The summed E-state index contributed by atoms with van der Waals surface area (Å²) in [5, 5.41) is 3.50. The zero-order valence-electron chi connectivity index (χ0n) is 9.79. The summed E-state index contributed by atoms with van der Waals surface area (Å²) in [6, 6.07) is 0.581. The van der Waals surface area contributed by atoms with Gasteiger partial charge in [0.1, 0.15) is 0 Å². The van der Waals surface area contributed by atoms with Crippen LogP contribution in [0.1, 0.15) is 26.2 Å². The fourth-order valence-corrected chi connectivity index (χ4v) is 1.92. The lowest BCUT2D eigenvalue weighted by molar-refractivity contribution is -0.129. The summed E-state index contributed by atoms with van der Waals surface area (Å²) in [5.74, 6) is 0.202. The van der Waals surface area contributed by atoms with Gasteiger partial charge in [-0.3, -0.25) is 4.79 Å². The first-order valence-electron chi connectivity index (χ1n) is 5.72. The van der Waals surface area contributed by atoms with Crippen LogP contribution in [0.4, 0.5) is 0 Å². The van der Waals surface area contributed by atoms with Crippen LogP contribution in [0.2, 0.25) is 0 Å². The molecule has 1 amide bonds. The van der Waals surface area contributed by atoms with Crippen molar-refractivity contribution in [2.24, 2.45) is 0 Å². The fraction of sp³-hybridized carbons (Fsp3) is 0.909. The van der Waals surface area contributed by atoms with Gasteiger partial charge in [-0.15, -0.1) is 0 Å². The molecule has 1 heterocycles. The Morgan fingerprint density at radius 2 is 2.13 bits per heavy atom. The molecule has 0 aromatic rings. The molecule has 0 radical (unpaired) electrons. The van der Waals surface area contributed by atoms with E-state index in [4.69, 9.17) is 4.74 Å². The van der Waals surface area contributed by atoms with Gasteiger partial charge in [0.2, 0.25) is 5.91 Å². The van der Waals surface area contributed by atoms with E-state index in [9.17, 15) is 4.79 Å². The highest BCUT2D eigenvalue weighted by Crippen LogP contribution is 2.10. The molecule has 0 spiro atoms. The second kappa shape index (κ2) is 6.80. The van der Waals surface area contributed by atoms with E-state index in [1.165, 1.54) is 0 Å². The molecule has 0 bridgehead atoms. The number of nitrogens with one attached hydrogen (secondary N) is 1. The molecule has 1 aliphatic heterocycles. The van der Waals surface area contributed by atoms with Crippen LogP contribution < -0.4 is 5.32 Å². The SMILES string of the molecule is COCCCNC1CCN(C(C)=O)CC1. The van der Waals surface area contributed by atoms with Crippen LogP contribution in [-0.4, -0.2) is 50.2 Å².